The van der Waals surface area contributed by atoms with E-state index in [1.54, 1.807) is 17.8 Å². The summed E-state index contributed by atoms with van der Waals surface area (Å²) in [4.78, 5) is 29.8. The quantitative estimate of drug-likeness (QED) is 0.789. The number of hydrogen-bond acceptors (Lipinski definition) is 3. The van der Waals surface area contributed by atoms with E-state index in [1.165, 1.54) is 6.07 Å². The second kappa shape index (κ2) is 6.41. The predicted molar refractivity (Wildman–Crippen MR) is 101 cm³/mol. The van der Waals surface area contributed by atoms with Crippen LogP contribution >= 0.6 is 0 Å². The highest BCUT2D eigenvalue weighted by Gasteiger charge is 2.34. The van der Waals surface area contributed by atoms with E-state index in [1.807, 2.05) is 43.3 Å². The zero-order chi connectivity index (χ0) is 18.3. The summed E-state index contributed by atoms with van der Waals surface area (Å²) in [6.45, 7) is 2.02. The van der Waals surface area contributed by atoms with Gasteiger partial charge in [0.2, 0.25) is 0 Å². The van der Waals surface area contributed by atoms with Gasteiger partial charge in [0.25, 0.3) is 11.5 Å². The molecule has 1 atom stereocenters. The summed E-state index contributed by atoms with van der Waals surface area (Å²) < 4.78 is 1.56. The third-order valence-electron chi connectivity index (χ3n) is 5.03. The molecule has 2 heterocycles. The van der Waals surface area contributed by atoms with Gasteiger partial charge in [-0.2, -0.15) is 0 Å². The Kier molecular flexibility index (Phi) is 4.07. The van der Waals surface area contributed by atoms with Crippen molar-refractivity contribution in [3.63, 3.8) is 0 Å². The molecule has 5 nitrogen and oxygen atoms in total. The van der Waals surface area contributed by atoms with Crippen LogP contribution in [0.4, 0.5) is 0 Å². The molecule has 1 aliphatic rings. The van der Waals surface area contributed by atoms with Crippen molar-refractivity contribution < 1.29 is 4.79 Å². The molecule has 0 radical (unpaired) electrons. The maximum atomic E-state index is 13.0. The van der Waals surface area contributed by atoms with Crippen molar-refractivity contribution in [2.45, 2.75) is 25.8 Å². The number of pyridine rings is 2. The molecule has 1 aromatic carbocycles. The normalized spacial score (nSPS) is 15.0. The molecule has 1 saturated carbocycles. The topological polar surface area (TPSA) is 64.0 Å². The van der Waals surface area contributed by atoms with Gasteiger partial charge in [0.15, 0.2) is 0 Å². The van der Waals surface area contributed by atoms with Crippen LogP contribution in [0.3, 0.4) is 0 Å². The lowest BCUT2D eigenvalue weighted by Crippen LogP contribution is -2.32. The van der Waals surface area contributed by atoms with Gasteiger partial charge >= 0.3 is 0 Å². The second-order valence-electron chi connectivity index (χ2n) is 7.02. The lowest BCUT2D eigenvalue weighted by molar-refractivity contribution is 0.0932. The highest BCUT2D eigenvalue weighted by molar-refractivity contribution is 6.06. The van der Waals surface area contributed by atoms with Crippen molar-refractivity contribution >= 4 is 16.8 Å². The predicted octanol–water partition coefficient (Wildman–Crippen LogP) is 3.12. The summed E-state index contributed by atoms with van der Waals surface area (Å²) in [5, 5.41) is 3.90. The van der Waals surface area contributed by atoms with Gasteiger partial charge in [-0.05, 0) is 49.4 Å². The van der Waals surface area contributed by atoms with Crippen molar-refractivity contribution in [2.75, 3.05) is 0 Å². The number of carbonyl (C=O) groups is 1. The van der Waals surface area contributed by atoms with Crippen LogP contribution in [-0.4, -0.2) is 15.5 Å². The molecular formula is C21H21N3O2. The minimum Gasteiger partial charge on any atom is -0.343 e. The largest absolute Gasteiger partial charge is 0.343 e. The Morgan fingerprint density at radius 2 is 2.00 bits per heavy atom. The van der Waals surface area contributed by atoms with Gasteiger partial charge in [-0.15, -0.1) is 0 Å². The first-order chi connectivity index (χ1) is 12.5. The Labute approximate surface area is 151 Å². The molecule has 26 heavy (non-hydrogen) atoms. The maximum Gasteiger partial charge on any atom is 0.252 e. The smallest absolute Gasteiger partial charge is 0.252 e. The molecule has 2 aromatic heterocycles. The summed E-state index contributed by atoms with van der Waals surface area (Å²) in [7, 11) is 1.72. The zero-order valence-corrected chi connectivity index (χ0v) is 14.9. The highest BCUT2D eigenvalue weighted by Crippen LogP contribution is 2.40. The van der Waals surface area contributed by atoms with E-state index < -0.39 is 0 Å². The molecular weight excluding hydrogens is 326 g/mol. The molecule has 3 aromatic rings. The van der Waals surface area contributed by atoms with Crippen LogP contribution in [-0.2, 0) is 7.05 Å². The fourth-order valence-electron chi connectivity index (χ4n) is 3.41. The first kappa shape index (κ1) is 16.5. The van der Waals surface area contributed by atoms with E-state index in [4.69, 9.17) is 0 Å². The lowest BCUT2D eigenvalue weighted by Gasteiger charge is -2.19. The average molecular weight is 347 g/mol. The van der Waals surface area contributed by atoms with Crippen molar-refractivity contribution in [3.8, 4) is 0 Å². The Hall–Kier alpha value is -2.95. The van der Waals surface area contributed by atoms with E-state index in [0.29, 0.717) is 11.5 Å². The number of aryl methyl sites for hydroxylation is 2. The van der Waals surface area contributed by atoms with E-state index in [9.17, 15) is 9.59 Å². The lowest BCUT2D eigenvalue weighted by atomic mass is 10.0. The van der Waals surface area contributed by atoms with Gasteiger partial charge < -0.3 is 9.88 Å². The summed E-state index contributed by atoms with van der Waals surface area (Å²) in [6, 6.07) is 12.7. The Morgan fingerprint density at radius 1 is 1.23 bits per heavy atom. The van der Waals surface area contributed by atoms with Crippen molar-refractivity contribution in [1.29, 1.82) is 0 Å². The molecule has 0 saturated heterocycles. The maximum absolute atomic E-state index is 13.0. The zero-order valence-electron chi connectivity index (χ0n) is 14.9. The SMILES string of the molecule is Cc1ccnc([C@@H](NC(=O)c2cc(=O)n(C)c3ccccc23)C2CC2)c1. The Balaban J connectivity index is 1.73. The van der Waals surface area contributed by atoms with Crippen LogP contribution in [0.1, 0.15) is 40.5 Å². The Bertz CT molecular complexity index is 1050. The number of rotatable bonds is 4. The van der Waals surface area contributed by atoms with Crippen LogP contribution in [0.15, 0.2) is 53.5 Å². The molecule has 4 rings (SSSR count). The minimum absolute atomic E-state index is 0.120. The fourth-order valence-corrected chi connectivity index (χ4v) is 3.41. The minimum atomic E-state index is -0.223. The first-order valence-corrected chi connectivity index (χ1v) is 8.87. The number of amides is 1. The van der Waals surface area contributed by atoms with Crippen LogP contribution in [0.5, 0.6) is 0 Å². The van der Waals surface area contributed by atoms with E-state index >= 15 is 0 Å². The molecule has 5 heteroatoms. The van der Waals surface area contributed by atoms with E-state index in [2.05, 4.69) is 10.3 Å². The number of fused-ring (bicyclic) bond motifs is 1. The van der Waals surface area contributed by atoms with Crippen LogP contribution in [0.2, 0.25) is 0 Å². The van der Waals surface area contributed by atoms with Gasteiger partial charge in [0, 0.05) is 24.7 Å². The van der Waals surface area contributed by atoms with Crippen molar-refractivity contribution in [3.05, 3.63) is 75.8 Å². The highest BCUT2D eigenvalue weighted by atomic mass is 16.2. The van der Waals surface area contributed by atoms with Gasteiger partial charge in [0.1, 0.15) is 0 Å². The number of nitrogens with zero attached hydrogens (tertiary/aromatic N) is 2. The number of para-hydroxylation sites is 1. The summed E-state index contributed by atoms with van der Waals surface area (Å²) in [6.07, 6.45) is 3.94. The third kappa shape index (κ3) is 3.01. The van der Waals surface area contributed by atoms with Crippen LogP contribution in [0, 0.1) is 12.8 Å². The molecule has 132 valence electrons. The fraction of sp³-hybridized carbons (Fsp3) is 0.286. The molecule has 0 bridgehead atoms. The first-order valence-electron chi connectivity index (χ1n) is 8.87. The number of benzene rings is 1. The van der Waals surface area contributed by atoms with Crippen LogP contribution in [0.25, 0.3) is 10.9 Å². The van der Waals surface area contributed by atoms with Gasteiger partial charge in [-0.25, -0.2) is 0 Å². The molecule has 1 amide bonds. The molecule has 1 N–H and O–H groups in total. The van der Waals surface area contributed by atoms with E-state index in [0.717, 1.165) is 35.0 Å². The second-order valence-corrected chi connectivity index (χ2v) is 7.02. The molecule has 0 spiro atoms. The monoisotopic (exact) mass is 347 g/mol. The van der Waals surface area contributed by atoms with Crippen molar-refractivity contribution in [1.82, 2.24) is 14.9 Å². The third-order valence-corrected chi connectivity index (χ3v) is 5.03. The van der Waals surface area contributed by atoms with Gasteiger partial charge in [-0.3, -0.25) is 14.6 Å². The molecule has 1 fully saturated rings. The Morgan fingerprint density at radius 3 is 2.73 bits per heavy atom. The molecule has 1 aliphatic carbocycles. The molecule has 0 aliphatic heterocycles. The number of aromatic nitrogens is 2. The van der Waals surface area contributed by atoms with Crippen molar-refractivity contribution in [2.24, 2.45) is 13.0 Å². The van der Waals surface area contributed by atoms with Gasteiger partial charge in [0.05, 0.1) is 22.8 Å². The summed E-state index contributed by atoms with van der Waals surface area (Å²) in [5.41, 5.74) is 2.98. The number of nitrogens with one attached hydrogen (secondary N) is 1. The summed E-state index contributed by atoms with van der Waals surface area (Å²) >= 11 is 0. The standard InChI is InChI=1S/C21H21N3O2/c1-13-9-10-22-17(11-13)20(14-7-8-14)23-21(26)16-12-19(25)24(2)18-6-4-3-5-15(16)18/h3-6,9-12,14,20H,7-8H2,1-2H3,(H,23,26)/t20-/m0/s1. The number of carbonyl (C=O) groups excluding carboxylic acids is 1. The molecule has 0 unspecified atom stereocenters. The number of hydrogen-bond donors (Lipinski definition) is 1. The van der Waals surface area contributed by atoms with Crippen LogP contribution < -0.4 is 10.9 Å². The average Bonchev–Trinajstić information content (AvgIpc) is 3.47. The summed E-state index contributed by atoms with van der Waals surface area (Å²) in [5.74, 6) is 0.185. The van der Waals surface area contributed by atoms with E-state index in [-0.39, 0.29) is 17.5 Å². The van der Waals surface area contributed by atoms with Gasteiger partial charge in [-0.1, -0.05) is 18.2 Å².